The summed E-state index contributed by atoms with van der Waals surface area (Å²) in [7, 11) is 5.58. The molecule has 3 aromatic rings. The van der Waals surface area contributed by atoms with Gasteiger partial charge in [-0.05, 0) is 42.9 Å². The van der Waals surface area contributed by atoms with Crippen LogP contribution in [-0.4, -0.2) is 45.2 Å². The van der Waals surface area contributed by atoms with Gasteiger partial charge >= 0.3 is 0 Å². The zero-order valence-corrected chi connectivity index (χ0v) is 17.7. The highest BCUT2D eigenvalue weighted by Crippen LogP contribution is 2.30. The molecule has 30 heavy (non-hydrogen) atoms. The Morgan fingerprint density at radius 2 is 1.60 bits per heavy atom. The van der Waals surface area contributed by atoms with Crippen molar-refractivity contribution in [1.82, 2.24) is 4.90 Å². The largest absolute Gasteiger partial charge is 0.493 e. The molecule has 0 atom stereocenters. The fourth-order valence-electron chi connectivity index (χ4n) is 3.04. The Bertz CT molecular complexity index is 954. The monoisotopic (exact) mass is 404 g/mol. The third-order valence-electron chi connectivity index (χ3n) is 4.67. The Morgan fingerprint density at radius 1 is 0.900 bits per heavy atom. The highest BCUT2D eigenvalue weighted by Gasteiger charge is 2.10. The molecule has 0 aliphatic carbocycles. The minimum Gasteiger partial charge on any atom is -0.493 e. The van der Waals surface area contributed by atoms with E-state index in [1.807, 2.05) is 67.5 Å². The fraction of sp³-hybridized carbons (Fsp3) is 0.240. The molecule has 1 amide bonds. The van der Waals surface area contributed by atoms with Gasteiger partial charge in [0.05, 0.1) is 13.5 Å². The van der Waals surface area contributed by atoms with Crippen LogP contribution in [0.1, 0.15) is 5.56 Å². The van der Waals surface area contributed by atoms with Gasteiger partial charge in [0.15, 0.2) is 11.5 Å². The van der Waals surface area contributed by atoms with Crippen LogP contribution in [0.15, 0.2) is 72.8 Å². The van der Waals surface area contributed by atoms with Gasteiger partial charge in [-0.25, -0.2) is 0 Å². The van der Waals surface area contributed by atoms with Crippen molar-refractivity contribution in [2.45, 2.75) is 6.42 Å². The predicted molar refractivity (Wildman–Crippen MR) is 121 cm³/mol. The number of benzene rings is 3. The number of carbonyl (C=O) groups is 1. The molecule has 0 bridgehead atoms. The molecule has 0 heterocycles. The average molecular weight is 405 g/mol. The van der Waals surface area contributed by atoms with Crippen molar-refractivity contribution < 1.29 is 14.3 Å². The molecule has 1 N–H and O–H groups in total. The van der Waals surface area contributed by atoms with Gasteiger partial charge in [0.2, 0.25) is 5.91 Å². The average Bonchev–Trinajstić information content (AvgIpc) is 2.75. The van der Waals surface area contributed by atoms with E-state index in [9.17, 15) is 4.79 Å². The molecule has 0 unspecified atom stereocenters. The third-order valence-corrected chi connectivity index (χ3v) is 4.67. The quantitative estimate of drug-likeness (QED) is 0.571. The second kappa shape index (κ2) is 10.5. The summed E-state index contributed by atoms with van der Waals surface area (Å²) in [5.74, 6) is 1.18. The lowest BCUT2D eigenvalue weighted by atomic mass is 10.0. The fourth-order valence-corrected chi connectivity index (χ4v) is 3.04. The molecule has 0 saturated carbocycles. The van der Waals surface area contributed by atoms with Gasteiger partial charge in [0.1, 0.15) is 6.61 Å². The van der Waals surface area contributed by atoms with Crippen molar-refractivity contribution in [2.24, 2.45) is 0 Å². The van der Waals surface area contributed by atoms with Crippen molar-refractivity contribution in [3.8, 4) is 22.6 Å². The minimum absolute atomic E-state index is 0.0770. The maximum Gasteiger partial charge on any atom is 0.228 e. The molecular formula is C25H28N2O3. The number of rotatable bonds is 9. The second-order valence-electron chi connectivity index (χ2n) is 7.31. The van der Waals surface area contributed by atoms with E-state index in [4.69, 9.17) is 9.47 Å². The van der Waals surface area contributed by atoms with Gasteiger partial charge in [-0.1, -0.05) is 54.6 Å². The maximum atomic E-state index is 12.5. The number of ether oxygens (including phenoxy) is 2. The number of hydrogen-bond donors (Lipinski definition) is 1. The van der Waals surface area contributed by atoms with E-state index >= 15 is 0 Å². The molecule has 0 aliphatic rings. The van der Waals surface area contributed by atoms with E-state index < -0.39 is 0 Å². The summed E-state index contributed by atoms with van der Waals surface area (Å²) in [6.45, 7) is 1.33. The lowest BCUT2D eigenvalue weighted by Gasteiger charge is -2.15. The van der Waals surface area contributed by atoms with Gasteiger partial charge in [0.25, 0.3) is 0 Å². The topological polar surface area (TPSA) is 50.8 Å². The molecule has 0 fully saturated rings. The first-order valence-corrected chi connectivity index (χ1v) is 9.95. The van der Waals surface area contributed by atoms with Crippen molar-refractivity contribution >= 4 is 11.6 Å². The smallest absolute Gasteiger partial charge is 0.228 e. The summed E-state index contributed by atoms with van der Waals surface area (Å²) in [5.41, 5.74) is 3.94. The Labute approximate surface area is 178 Å². The van der Waals surface area contributed by atoms with Crippen LogP contribution in [0.25, 0.3) is 11.1 Å². The van der Waals surface area contributed by atoms with Crippen molar-refractivity contribution in [2.75, 3.05) is 39.7 Å². The van der Waals surface area contributed by atoms with Crippen LogP contribution in [-0.2, 0) is 11.2 Å². The van der Waals surface area contributed by atoms with Crippen LogP contribution < -0.4 is 14.8 Å². The number of carbonyl (C=O) groups excluding carboxylic acids is 1. The Kier molecular flexibility index (Phi) is 7.46. The van der Waals surface area contributed by atoms with E-state index in [0.29, 0.717) is 30.2 Å². The molecule has 3 aromatic carbocycles. The highest BCUT2D eigenvalue weighted by atomic mass is 16.5. The van der Waals surface area contributed by atoms with E-state index in [2.05, 4.69) is 17.4 Å². The number of amides is 1. The van der Waals surface area contributed by atoms with E-state index in [-0.39, 0.29) is 5.91 Å². The first-order valence-electron chi connectivity index (χ1n) is 9.95. The molecule has 0 aliphatic heterocycles. The Balaban J connectivity index is 1.61. The van der Waals surface area contributed by atoms with Gasteiger partial charge in [-0.3, -0.25) is 4.79 Å². The zero-order valence-electron chi connectivity index (χ0n) is 17.7. The van der Waals surface area contributed by atoms with Crippen molar-refractivity contribution in [3.63, 3.8) is 0 Å². The maximum absolute atomic E-state index is 12.5. The summed E-state index contributed by atoms with van der Waals surface area (Å²) in [6.07, 6.45) is 0.303. The molecule has 0 saturated heterocycles. The normalized spacial score (nSPS) is 10.7. The zero-order chi connectivity index (χ0) is 21.3. The molecule has 5 nitrogen and oxygen atoms in total. The molecule has 156 valence electrons. The van der Waals surface area contributed by atoms with Crippen molar-refractivity contribution in [3.05, 3.63) is 78.4 Å². The molecule has 5 heteroatoms. The van der Waals surface area contributed by atoms with Crippen LogP contribution in [0.4, 0.5) is 5.69 Å². The molecule has 0 aromatic heterocycles. The number of anilines is 1. The van der Waals surface area contributed by atoms with Gasteiger partial charge < -0.3 is 19.7 Å². The van der Waals surface area contributed by atoms with E-state index in [1.54, 1.807) is 19.2 Å². The van der Waals surface area contributed by atoms with Crippen LogP contribution in [0.2, 0.25) is 0 Å². The molecule has 0 radical (unpaired) electrons. The first-order chi connectivity index (χ1) is 14.5. The predicted octanol–water partition coefficient (Wildman–Crippen LogP) is 4.48. The van der Waals surface area contributed by atoms with E-state index in [0.717, 1.165) is 23.2 Å². The van der Waals surface area contributed by atoms with Crippen LogP contribution in [0.5, 0.6) is 11.5 Å². The van der Waals surface area contributed by atoms with Gasteiger partial charge in [0, 0.05) is 18.3 Å². The van der Waals surface area contributed by atoms with Crippen LogP contribution >= 0.6 is 0 Å². The van der Waals surface area contributed by atoms with Crippen molar-refractivity contribution in [1.29, 1.82) is 0 Å². The van der Waals surface area contributed by atoms with Crippen LogP contribution in [0.3, 0.4) is 0 Å². The number of likely N-dealkylation sites (N-methyl/N-ethyl adjacent to an activating group) is 1. The summed E-state index contributed by atoms with van der Waals surface area (Å²) in [4.78, 5) is 14.6. The summed E-state index contributed by atoms with van der Waals surface area (Å²) in [6, 6.07) is 23.7. The third kappa shape index (κ3) is 6.09. The number of methoxy groups -OCH3 is 1. The number of nitrogens with zero attached hydrogens (tertiary/aromatic N) is 1. The second-order valence-corrected chi connectivity index (χ2v) is 7.31. The standard InChI is InChI=1S/C25H28N2O3/c1-27(2)15-16-30-24-18-22(13-14-23(24)29-3)26-25(28)17-19-9-11-21(12-10-19)20-7-5-4-6-8-20/h4-14,18H,15-17H2,1-3H3,(H,26,28). The number of hydrogen-bond acceptors (Lipinski definition) is 4. The SMILES string of the molecule is COc1ccc(NC(=O)Cc2ccc(-c3ccccc3)cc2)cc1OCCN(C)C. The molecule has 0 spiro atoms. The van der Waals surface area contributed by atoms with Gasteiger partial charge in [-0.2, -0.15) is 0 Å². The lowest BCUT2D eigenvalue weighted by molar-refractivity contribution is -0.115. The minimum atomic E-state index is -0.0770. The van der Waals surface area contributed by atoms with Crippen LogP contribution in [0, 0.1) is 0 Å². The van der Waals surface area contributed by atoms with Gasteiger partial charge in [-0.15, -0.1) is 0 Å². The summed E-state index contributed by atoms with van der Waals surface area (Å²) in [5, 5.41) is 2.94. The summed E-state index contributed by atoms with van der Waals surface area (Å²) < 4.78 is 11.2. The first kappa shape index (κ1) is 21.4. The van der Waals surface area contributed by atoms with E-state index in [1.165, 1.54) is 0 Å². The lowest BCUT2D eigenvalue weighted by Crippen LogP contribution is -2.19. The summed E-state index contributed by atoms with van der Waals surface area (Å²) >= 11 is 0. The highest BCUT2D eigenvalue weighted by molar-refractivity contribution is 5.92. The Hall–Kier alpha value is -3.31. The Morgan fingerprint density at radius 3 is 2.27 bits per heavy atom. The number of nitrogens with one attached hydrogen (secondary N) is 1. The molecule has 3 rings (SSSR count). The molecular weight excluding hydrogens is 376 g/mol.